The number of methoxy groups -OCH3 is 1. The van der Waals surface area contributed by atoms with Crippen molar-refractivity contribution in [3.63, 3.8) is 0 Å². The van der Waals surface area contributed by atoms with E-state index >= 15 is 0 Å². The maximum atomic E-state index is 12.9. The van der Waals surface area contributed by atoms with E-state index in [4.69, 9.17) is 9.47 Å². The molecule has 136 valence electrons. The van der Waals surface area contributed by atoms with Crippen LogP contribution in [0.3, 0.4) is 0 Å². The van der Waals surface area contributed by atoms with Gasteiger partial charge >= 0.3 is 5.97 Å². The summed E-state index contributed by atoms with van der Waals surface area (Å²) >= 11 is 0. The summed E-state index contributed by atoms with van der Waals surface area (Å²) in [7, 11) is 1.51. The summed E-state index contributed by atoms with van der Waals surface area (Å²) in [5.41, 5.74) is 2.40. The number of rotatable bonds is 6. The third kappa shape index (κ3) is 5.25. The van der Waals surface area contributed by atoms with Gasteiger partial charge in [-0.05, 0) is 53.6 Å². The first-order valence-corrected chi connectivity index (χ1v) is 8.36. The van der Waals surface area contributed by atoms with Gasteiger partial charge in [0.2, 0.25) is 0 Å². The molecule has 0 atom stereocenters. The Morgan fingerprint density at radius 1 is 1.04 bits per heavy atom. The summed E-state index contributed by atoms with van der Waals surface area (Å²) < 4.78 is 23.7. The molecule has 0 aliphatic rings. The fourth-order valence-electron chi connectivity index (χ4n) is 2.46. The van der Waals surface area contributed by atoms with Crippen molar-refractivity contribution in [3.8, 4) is 11.5 Å². The highest BCUT2D eigenvalue weighted by Crippen LogP contribution is 2.29. The molecule has 4 nitrogen and oxygen atoms in total. The zero-order valence-electron chi connectivity index (χ0n) is 14.8. The smallest absolute Gasteiger partial charge is 0.315 e. The van der Waals surface area contributed by atoms with Gasteiger partial charge in [-0.1, -0.05) is 30.3 Å². The first-order valence-electron chi connectivity index (χ1n) is 8.36. The molecule has 0 fully saturated rings. The normalized spacial score (nSPS) is 10.7. The van der Waals surface area contributed by atoms with Gasteiger partial charge in [-0.15, -0.1) is 0 Å². The first-order chi connectivity index (χ1) is 13.1. The van der Waals surface area contributed by atoms with Crippen molar-refractivity contribution in [1.29, 1.82) is 0 Å². The average molecular weight is 363 g/mol. The highest BCUT2D eigenvalue weighted by atomic mass is 19.1. The van der Waals surface area contributed by atoms with E-state index < -0.39 is 5.97 Å². The van der Waals surface area contributed by atoms with Gasteiger partial charge < -0.3 is 9.47 Å². The van der Waals surface area contributed by atoms with E-state index in [1.807, 2.05) is 36.4 Å². The van der Waals surface area contributed by atoms with E-state index in [0.717, 1.165) is 11.3 Å². The highest BCUT2D eigenvalue weighted by molar-refractivity contribution is 5.76. The molecule has 0 unspecified atom stereocenters. The van der Waals surface area contributed by atoms with Crippen molar-refractivity contribution < 1.29 is 18.7 Å². The van der Waals surface area contributed by atoms with Gasteiger partial charge in [-0.25, -0.2) is 4.39 Å². The molecule has 0 N–H and O–H groups in total. The number of carbonyl (C=O) groups is 1. The molecule has 0 aliphatic heterocycles. The molecule has 0 saturated carbocycles. The van der Waals surface area contributed by atoms with Crippen LogP contribution in [0.4, 0.5) is 4.39 Å². The van der Waals surface area contributed by atoms with E-state index in [1.165, 1.54) is 19.2 Å². The number of pyridine rings is 1. The van der Waals surface area contributed by atoms with E-state index in [-0.39, 0.29) is 12.2 Å². The first kappa shape index (κ1) is 18.3. The quantitative estimate of drug-likeness (QED) is 0.476. The molecule has 1 aromatic heterocycles. The maximum absolute atomic E-state index is 12.9. The second kappa shape index (κ2) is 8.76. The summed E-state index contributed by atoms with van der Waals surface area (Å²) in [6.07, 6.45) is 5.55. The fourth-order valence-corrected chi connectivity index (χ4v) is 2.46. The van der Waals surface area contributed by atoms with Crippen LogP contribution in [-0.4, -0.2) is 18.1 Å². The van der Waals surface area contributed by atoms with Crippen LogP contribution in [0.2, 0.25) is 0 Å². The van der Waals surface area contributed by atoms with Crippen molar-refractivity contribution in [2.45, 2.75) is 6.42 Å². The zero-order valence-corrected chi connectivity index (χ0v) is 14.8. The number of hydrogen-bond acceptors (Lipinski definition) is 4. The summed E-state index contributed by atoms with van der Waals surface area (Å²) in [5.74, 6) is -0.00922. The summed E-state index contributed by atoms with van der Waals surface area (Å²) in [4.78, 5) is 16.4. The molecular weight excluding hydrogens is 345 g/mol. The van der Waals surface area contributed by atoms with E-state index in [0.29, 0.717) is 17.1 Å². The van der Waals surface area contributed by atoms with Gasteiger partial charge in [-0.3, -0.25) is 9.78 Å². The third-order valence-corrected chi connectivity index (χ3v) is 3.81. The number of carbonyl (C=O) groups excluding carboxylic acids is 1. The third-order valence-electron chi connectivity index (χ3n) is 3.81. The summed E-state index contributed by atoms with van der Waals surface area (Å²) in [5, 5.41) is 0. The van der Waals surface area contributed by atoms with E-state index in [1.54, 1.807) is 30.5 Å². The Balaban J connectivity index is 1.69. The largest absolute Gasteiger partial charge is 0.493 e. The molecule has 5 heteroatoms. The van der Waals surface area contributed by atoms with Gasteiger partial charge in [0.15, 0.2) is 11.5 Å². The summed E-state index contributed by atoms with van der Waals surface area (Å²) in [6.45, 7) is 0. The van der Waals surface area contributed by atoms with Gasteiger partial charge in [0.25, 0.3) is 0 Å². The van der Waals surface area contributed by atoms with Crippen LogP contribution >= 0.6 is 0 Å². The predicted molar refractivity (Wildman–Crippen MR) is 102 cm³/mol. The Morgan fingerprint density at radius 2 is 1.85 bits per heavy atom. The van der Waals surface area contributed by atoms with Gasteiger partial charge in [0, 0.05) is 6.20 Å². The van der Waals surface area contributed by atoms with Gasteiger partial charge in [0.05, 0.1) is 19.2 Å². The Labute approximate surface area is 156 Å². The van der Waals surface area contributed by atoms with Crippen LogP contribution in [-0.2, 0) is 11.2 Å². The molecular formula is C22H18FNO3. The number of nitrogens with zero attached hydrogens (tertiary/aromatic N) is 1. The Bertz CT molecular complexity index is 938. The lowest BCUT2D eigenvalue weighted by atomic mass is 10.1. The van der Waals surface area contributed by atoms with Crippen LogP contribution in [0.15, 0.2) is 66.9 Å². The van der Waals surface area contributed by atoms with Crippen LogP contribution in [0.1, 0.15) is 16.8 Å². The maximum Gasteiger partial charge on any atom is 0.315 e. The second-order valence-electron chi connectivity index (χ2n) is 5.78. The standard InChI is InChI=1S/C22H18FNO3/c1-26-21-14-16(7-11-19-4-2-3-13-24-19)8-12-20(21)27-22(25)15-17-5-9-18(23)10-6-17/h2-14H,15H2,1H3/b11-7+. The predicted octanol–water partition coefficient (Wildman–Crippen LogP) is 4.55. The number of ether oxygens (including phenoxy) is 2. The molecule has 0 spiro atoms. The Morgan fingerprint density at radius 3 is 2.56 bits per heavy atom. The van der Waals surface area contributed by atoms with Gasteiger partial charge in [0.1, 0.15) is 5.82 Å². The molecule has 0 amide bonds. The van der Waals surface area contributed by atoms with Gasteiger partial charge in [-0.2, -0.15) is 0 Å². The SMILES string of the molecule is COc1cc(/C=C/c2ccccn2)ccc1OC(=O)Cc1ccc(F)cc1. The second-order valence-corrected chi connectivity index (χ2v) is 5.78. The Hall–Kier alpha value is -3.47. The van der Waals surface area contributed by atoms with Crippen LogP contribution < -0.4 is 9.47 Å². The molecule has 3 rings (SSSR count). The van der Waals surface area contributed by atoms with Crippen LogP contribution in [0.25, 0.3) is 12.2 Å². The number of hydrogen-bond donors (Lipinski definition) is 0. The monoisotopic (exact) mass is 363 g/mol. The lowest BCUT2D eigenvalue weighted by molar-refractivity contribution is -0.133. The molecule has 0 radical (unpaired) electrons. The molecule has 2 aromatic carbocycles. The molecule has 0 aliphatic carbocycles. The van der Waals surface area contributed by atoms with Crippen LogP contribution in [0, 0.1) is 5.82 Å². The minimum atomic E-state index is -0.448. The van der Waals surface area contributed by atoms with Crippen molar-refractivity contribution in [2.75, 3.05) is 7.11 Å². The lowest BCUT2D eigenvalue weighted by Gasteiger charge is -2.10. The topological polar surface area (TPSA) is 48.4 Å². The minimum Gasteiger partial charge on any atom is -0.493 e. The lowest BCUT2D eigenvalue weighted by Crippen LogP contribution is -2.12. The number of aromatic nitrogens is 1. The van der Waals surface area contributed by atoms with Crippen molar-refractivity contribution in [1.82, 2.24) is 4.98 Å². The number of benzene rings is 2. The van der Waals surface area contributed by atoms with Crippen molar-refractivity contribution in [2.24, 2.45) is 0 Å². The molecule has 27 heavy (non-hydrogen) atoms. The molecule has 1 heterocycles. The average Bonchev–Trinajstić information content (AvgIpc) is 2.69. The summed E-state index contributed by atoms with van der Waals surface area (Å²) in [6, 6.07) is 16.7. The minimum absolute atomic E-state index is 0.0464. The van der Waals surface area contributed by atoms with Crippen molar-refractivity contribution >= 4 is 18.1 Å². The number of esters is 1. The molecule has 0 saturated heterocycles. The highest BCUT2D eigenvalue weighted by Gasteiger charge is 2.11. The van der Waals surface area contributed by atoms with E-state index in [2.05, 4.69) is 4.98 Å². The van der Waals surface area contributed by atoms with E-state index in [9.17, 15) is 9.18 Å². The fraction of sp³-hybridized carbons (Fsp3) is 0.0909. The molecule has 3 aromatic rings. The van der Waals surface area contributed by atoms with Crippen molar-refractivity contribution in [3.05, 3.63) is 89.5 Å². The Kier molecular flexibility index (Phi) is 5.94. The number of halogens is 1. The zero-order chi connectivity index (χ0) is 19.1. The molecule has 0 bridgehead atoms. The van der Waals surface area contributed by atoms with Crippen LogP contribution in [0.5, 0.6) is 11.5 Å².